The van der Waals surface area contributed by atoms with E-state index >= 15 is 0 Å². The highest BCUT2D eigenvalue weighted by atomic mass is 32.2. The second-order valence-corrected chi connectivity index (χ2v) is 11.5. The minimum atomic E-state index is -3.56. The van der Waals surface area contributed by atoms with Gasteiger partial charge in [-0.3, -0.25) is 0 Å². The molecule has 0 unspecified atom stereocenters. The summed E-state index contributed by atoms with van der Waals surface area (Å²) in [6.07, 6.45) is 3.74. The van der Waals surface area contributed by atoms with Crippen LogP contribution in [0.15, 0.2) is 60.9 Å². The van der Waals surface area contributed by atoms with Gasteiger partial charge in [0.25, 0.3) is 0 Å². The van der Waals surface area contributed by atoms with Gasteiger partial charge < -0.3 is 15.8 Å². The van der Waals surface area contributed by atoms with E-state index in [9.17, 15) is 13.7 Å². The van der Waals surface area contributed by atoms with Gasteiger partial charge in [0, 0.05) is 19.6 Å². The van der Waals surface area contributed by atoms with Crippen LogP contribution < -0.4 is 15.8 Å². The molecule has 9 nitrogen and oxygen atoms in total. The van der Waals surface area contributed by atoms with Gasteiger partial charge in [-0.25, -0.2) is 22.7 Å². The molecule has 1 aromatic heterocycles. The van der Waals surface area contributed by atoms with Crippen molar-refractivity contribution in [3.63, 3.8) is 0 Å². The first-order valence-electron chi connectivity index (χ1n) is 12.0. The Balaban J connectivity index is 1.23. The molecule has 0 amide bonds. The van der Waals surface area contributed by atoms with Crippen molar-refractivity contribution >= 4 is 21.7 Å². The van der Waals surface area contributed by atoms with Crippen molar-refractivity contribution in [2.45, 2.75) is 30.4 Å². The summed E-state index contributed by atoms with van der Waals surface area (Å²) in [5.74, 6) is 2.75. The molecule has 5 rings (SSSR count). The number of nitrogens with two attached hydrogens (primary N) is 1. The molecule has 0 atom stereocenters. The molecule has 0 spiro atoms. The third-order valence-corrected chi connectivity index (χ3v) is 9.40. The number of aromatic nitrogens is 2. The lowest BCUT2D eigenvalue weighted by Gasteiger charge is -2.32. The average Bonchev–Trinajstić information content (AvgIpc) is 3.71. The Morgan fingerprint density at radius 2 is 1.72 bits per heavy atom. The van der Waals surface area contributed by atoms with Gasteiger partial charge in [-0.15, -0.1) is 0 Å². The Kier molecular flexibility index (Phi) is 6.51. The molecule has 2 heterocycles. The summed E-state index contributed by atoms with van der Waals surface area (Å²) < 4.78 is 31.8. The van der Waals surface area contributed by atoms with E-state index in [2.05, 4.69) is 15.3 Å². The Labute approximate surface area is 211 Å². The number of nitriles is 1. The monoisotopic (exact) mass is 504 g/mol. The number of piperidine rings is 1. The molecular formula is C26H28N6O3S. The van der Waals surface area contributed by atoms with Crippen molar-refractivity contribution in [2.75, 3.05) is 30.7 Å². The summed E-state index contributed by atoms with van der Waals surface area (Å²) in [5, 5.41) is 12.7. The van der Waals surface area contributed by atoms with Crippen LogP contribution in [0.5, 0.6) is 11.5 Å². The SMILES string of the molecule is N#CC1(S(=O)(=O)N2CCC(CNc3ncnc(N)c3-c3ccc(Oc4ccccc4)cc3)CC2)CC1. The van der Waals surface area contributed by atoms with Crippen LogP contribution in [0.2, 0.25) is 0 Å². The Morgan fingerprint density at radius 3 is 2.36 bits per heavy atom. The van der Waals surface area contributed by atoms with E-state index in [0.717, 1.165) is 24.2 Å². The Hall–Kier alpha value is -3.68. The standard InChI is InChI=1S/C26H28N6O3S/c27-17-26(12-13-26)36(33,34)32-14-10-19(11-15-32)16-29-25-23(24(28)30-18-31-25)20-6-8-22(9-7-20)35-21-4-2-1-3-5-21/h1-9,18-19H,10-16H2,(H3,28,29,30,31). The molecule has 2 aliphatic rings. The zero-order valence-corrected chi connectivity index (χ0v) is 20.6. The number of nitrogens with zero attached hydrogens (tertiary/aromatic N) is 4. The highest BCUT2D eigenvalue weighted by molar-refractivity contribution is 7.91. The molecular weight excluding hydrogens is 476 g/mol. The van der Waals surface area contributed by atoms with Gasteiger partial charge in [-0.05, 0) is 61.4 Å². The van der Waals surface area contributed by atoms with Crippen molar-refractivity contribution < 1.29 is 13.2 Å². The third-order valence-electron chi connectivity index (χ3n) is 6.87. The highest BCUT2D eigenvalue weighted by Gasteiger charge is 2.58. The van der Waals surface area contributed by atoms with Crippen LogP contribution in [0, 0.1) is 17.2 Å². The van der Waals surface area contributed by atoms with E-state index in [0.29, 0.717) is 55.4 Å². The molecule has 36 heavy (non-hydrogen) atoms. The molecule has 1 saturated carbocycles. The summed E-state index contributed by atoms with van der Waals surface area (Å²) in [7, 11) is -3.56. The zero-order chi connectivity index (χ0) is 25.2. The number of hydrogen-bond donors (Lipinski definition) is 2. The van der Waals surface area contributed by atoms with E-state index < -0.39 is 14.8 Å². The Bertz CT molecular complexity index is 1360. The van der Waals surface area contributed by atoms with Crippen molar-refractivity contribution in [3.8, 4) is 28.7 Å². The maximum atomic E-state index is 12.8. The summed E-state index contributed by atoms with van der Waals surface area (Å²) in [6, 6.07) is 19.2. The molecule has 1 aliphatic heterocycles. The number of nitrogens with one attached hydrogen (secondary N) is 1. The number of nitrogen functional groups attached to an aromatic ring is 1. The fraction of sp³-hybridized carbons (Fsp3) is 0.346. The number of anilines is 2. The lowest BCUT2D eigenvalue weighted by molar-refractivity contribution is 0.280. The fourth-order valence-corrected chi connectivity index (χ4v) is 6.43. The molecule has 1 saturated heterocycles. The van der Waals surface area contributed by atoms with Crippen LogP contribution in [-0.4, -0.2) is 47.1 Å². The van der Waals surface area contributed by atoms with Gasteiger partial charge in [0.15, 0.2) is 4.75 Å². The van der Waals surface area contributed by atoms with E-state index in [1.54, 1.807) is 0 Å². The molecule has 10 heteroatoms. The van der Waals surface area contributed by atoms with Gasteiger partial charge in [0.2, 0.25) is 10.0 Å². The van der Waals surface area contributed by atoms with Crippen molar-refractivity contribution in [2.24, 2.45) is 5.92 Å². The molecule has 2 aromatic carbocycles. The first-order chi connectivity index (χ1) is 17.4. The Morgan fingerprint density at radius 1 is 1.06 bits per heavy atom. The largest absolute Gasteiger partial charge is 0.457 e. The molecule has 0 radical (unpaired) electrons. The molecule has 3 aromatic rings. The van der Waals surface area contributed by atoms with Crippen LogP contribution in [0.1, 0.15) is 25.7 Å². The number of para-hydroxylation sites is 1. The summed E-state index contributed by atoms with van der Waals surface area (Å²) in [6.45, 7) is 1.50. The lowest BCUT2D eigenvalue weighted by atomic mass is 9.98. The van der Waals surface area contributed by atoms with Crippen LogP contribution >= 0.6 is 0 Å². The van der Waals surface area contributed by atoms with Gasteiger partial charge in [0.1, 0.15) is 29.5 Å². The quantitative estimate of drug-likeness (QED) is 0.470. The number of ether oxygens (including phenoxy) is 1. The van der Waals surface area contributed by atoms with E-state index in [1.807, 2.05) is 60.7 Å². The van der Waals surface area contributed by atoms with Crippen LogP contribution in [0.25, 0.3) is 11.1 Å². The lowest BCUT2D eigenvalue weighted by Crippen LogP contribution is -2.45. The van der Waals surface area contributed by atoms with E-state index in [4.69, 9.17) is 10.5 Å². The minimum absolute atomic E-state index is 0.277. The molecule has 3 N–H and O–H groups in total. The minimum Gasteiger partial charge on any atom is -0.457 e. The second-order valence-electron chi connectivity index (χ2n) is 9.26. The van der Waals surface area contributed by atoms with Crippen LogP contribution in [0.4, 0.5) is 11.6 Å². The number of sulfonamides is 1. The van der Waals surface area contributed by atoms with Crippen LogP contribution in [-0.2, 0) is 10.0 Å². The average molecular weight is 505 g/mol. The van der Waals surface area contributed by atoms with Gasteiger partial charge in [-0.2, -0.15) is 5.26 Å². The predicted molar refractivity (Wildman–Crippen MR) is 138 cm³/mol. The summed E-state index contributed by atoms with van der Waals surface area (Å²) >= 11 is 0. The number of hydrogen-bond acceptors (Lipinski definition) is 8. The van der Waals surface area contributed by atoms with Crippen molar-refractivity contribution in [1.29, 1.82) is 5.26 Å². The second kappa shape index (κ2) is 9.76. The maximum Gasteiger partial charge on any atom is 0.233 e. The van der Waals surface area contributed by atoms with Crippen LogP contribution in [0.3, 0.4) is 0 Å². The summed E-state index contributed by atoms with van der Waals surface area (Å²) in [5.41, 5.74) is 7.81. The molecule has 1 aliphatic carbocycles. The van der Waals surface area contributed by atoms with E-state index in [1.165, 1.54) is 10.6 Å². The predicted octanol–water partition coefficient (Wildman–Crippen LogP) is 4.03. The number of benzene rings is 2. The maximum absolute atomic E-state index is 12.8. The topological polar surface area (TPSA) is 134 Å². The van der Waals surface area contributed by atoms with E-state index in [-0.39, 0.29) is 5.92 Å². The molecule has 0 bridgehead atoms. The summed E-state index contributed by atoms with van der Waals surface area (Å²) in [4.78, 5) is 8.59. The van der Waals surface area contributed by atoms with Gasteiger partial charge >= 0.3 is 0 Å². The number of rotatable bonds is 8. The first-order valence-corrected chi connectivity index (χ1v) is 13.4. The third kappa shape index (κ3) is 4.72. The van der Waals surface area contributed by atoms with Gasteiger partial charge in [0.05, 0.1) is 11.6 Å². The molecule has 186 valence electrons. The van der Waals surface area contributed by atoms with Gasteiger partial charge in [-0.1, -0.05) is 30.3 Å². The highest BCUT2D eigenvalue weighted by Crippen LogP contribution is 2.45. The van der Waals surface area contributed by atoms with Crippen molar-refractivity contribution in [1.82, 2.24) is 14.3 Å². The van der Waals surface area contributed by atoms with Crippen molar-refractivity contribution in [3.05, 3.63) is 60.9 Å². The smallest absolute Gasteiger partial charge is 0.233 e. The normalized spacial score (nSPS) is 17.8. The first kappa shape index (κ1) is 24.0. The molecule has 2 fully saturated rings. The fourth-order valence-electron chi connectivity index (χ4n) is 4.51. The zero-order valence-electron chi connectivity index (χ0n) is 19.8.